The molecule has 0 saturated carbocycles. The van der Waals surface area contributed by atoms with Crippen LogP contribution in [-0.2, 0) is 6.54 Å². The number of carboxylic acid groups (broad SMARTS) is 1. The molecule has 5 nitrogen and oxygen atoms in total. The minimum atomic E-state index is -0.958. The van der Waals surface area contributed by atoms with E-state index < -0.39 is 5.97 Å². The second-order valence-corrected chi connectivity index (χ2v) is 4.94. The lowest BCUT2D eigenvalue weighted by atomic mass is 10.1. The first-order valence-corrected chi connectivity index (χ1v) is 6.35. The van der Waals surface area contributed by atoms with Gasteiger partial charge in [-0.25, -0.2) is 9.78 Å². The molecule has 0 aliphatic heterocycles. The van der Waals surface area contributed by atoms with E-state index in [0.717, 1.165) is 22.6 Å². The van der Waals surface area contributed by atoms with Crippen molar-refractivity contribution < 1.29 is 14.3 Å². The van der Waals surface area contributed by atoms with Crippen LogP contribution in [0.3, 0.4) is 0 Å². The molecule has 106 valence electrons. The van der Waals surface area contributed by atoms with Gasteiger partial charge in [0.1, 0.15) is 17.1 Å². The topological polar surface area (TPSA) is 66.6 Å². The summed E-state index contributed by atoms with van der Waals surface area (Å²) in [5, 5.41) is 9.38. The predicted octanol–water partition coefficient (Wildman–Crippen LogP) is 2.93. The van der Waals surface area contributed by atoms with Gasteiger partial charge in [0.2, 0.25) is 0 Å². The second-order valence-electron chi connectivity index (χ2n) is 4.94. The van der Waals surface area contributed by atoms with Gasteiger partial charge in [-0.05, 0) is 38.5 Å². The first-order valence-electron chi connectivity index (χ1n) is 6.35. The van der Waals surface area contributed by atoms with Crippen LogP contribution >= 0.6 is 0 Å². The Bertz CT molecular complexity index is 647. The van der Waals surface area contributed by atoms with Crippen molar-refractivity contribution in [2.75, 3.05) is 11.9 Å². The van der Waals surface area contributed by atoms with Gasteiger partial charge in [0.25, 0.3) is 0 Å². The van der Waals surface area contributed by atoms with Gasteiger partial charge in [-0.15, -0.1) is 0 Å². The van der Waals surface area contributed by atoms with E-state index in [1.807, 2.05) is 31.9 Å². The van der Waals surface area contributed by atoms with E-state index in [1.54, 1.807) is 19.3 Å². The summed E-state index contributed by atoms with van der Waals surface area (Å²) in [4.78, 5) is 17.7. The fourth-order valence-electron chi connectivity index (χ4n) is 2.26. The molecule has 1 N–H and O–H groups in total. The lowest BCUT2D eigenvalue weighted by molar-refractivity contribution is 0.0696. The minimum absolute atomic E-state index is 0.249. The van der Waals surface area contributed by atoms with Crippen molar-refractivity contribution in [1.82, 2.24) is 4.98 Å². The van der Waals surface area contributed by atoms with Crippen LogP contribution in [-0.4, -0.2) is 23.1 Å². The maximum absolute atomic E-state index is 11.4. The lowest BCUT2D eigenvalue weighted by Crippen LogP contribution is -2.22. The summed E-state index contributed by atoms with van der Waals surface area (Å²) < 4.78 is 5.26. The van der Waals surface area contributed by atoms with Crippen molar-refractivity contribution in [3.8, 4) is 0 Å². The van der Waals surface area contributed by atoms with Crippen molar-refractivity contribution in [1.29, 1.82) is 0 Å². The van der Waals surface area contributed by atoms with Crippen LogP contribution in [0.5, 0.6) is 0 Å². The Morgan fingerprint density at radius 3 is 2.65 bits per heavy atom. The van der Waals surface area contributed by atoms with Crippen LogP contribution < -0.4 is 4.90 Å². The monoisotopic (exact) mass is 274 g/mol. The van der Waals surface area contributed by atoms with Gasteiger partial charge in [-0.3, -0.25) is 0 Å². The summed E-state index contributed by atoms with van der Waals surface area (Å²) >= 11 is 0. The van der Waals surface area contributed by atoms with Gasteiger partial charge < -0.3 is 14.4 Å². The molecule has 0 spiro atoms. The highest BCUT2D eigenvalue weighted by atomic mass is 16.4. The number of rotatable bonds is 4. The average molecular weight is 274 g/mol. The van der Waals surface area contributed by atoms with Crippen LogP contribution in [0.1, 0.15) is 32.9 Å². The molecule has 2 rings (SSSR count). The zero-order valence-corrected chi connectivity index (χ0v) is 12.1. The normalized spacial score (nSPS) is 10.6. The minimum Gasteiger partial charge on any atom is -0.478 e. The smallest absolute Gasteiger partial charge is 0.339 e. The summed E-state index contributed by atoms with van der Waals surface area (Å²) in [7, 11) is 1.83. The van der Waals surface area contributed by atoms with Crippen molar-refractivity contribution >= 4 is 11.8 Å². The number of carbonyl (C=O) groups is 1. The largest absolute Gasteiger partial charge is 0.478 e. The van der Waals surface area contributed by atoms with Crippen molar-refractivity contribution in [3.05, 3.63) is 46.5 Å². The molecule has 0 saturated heterocycles. The summed E-state index contributed by atoms with van der Waals surface area (Å²) in [6, 6.07) is 3.67. The van der Waals surface area contributed by atoms with Gasteiger partial charge in [0.15, 0.2) is 0 Å². The van der Waals surface area contributed by atoms with Crippen molar-refractivity contribution in [3.63, 3.8) is 0 Å². The van der Waals surface area contributed by atoms with E-state index in [-0.39, 0.29) is 5.56 Å². The number of hydrogen-bond acceptors (Lipinski definition) is 4. The zero-order chi connectivity index (χ0) is 14.9. The molecule has 0 bridgehead atoms. The van der Waals surface area contributed by atoms with Crippen LogP contribution in [0.4, 0.5) is 5.82 Å². The fourth-order valence-corrected chi connectivity index (χ4v) is 2.26. The summed E-state index contributed by atoms with van der Waals surface area (Å²) in [6.07, 6.45) is 1.63. The summed E-state index contributed by atoms with van der Waals surface area (Å²) in [6.45, 7) is 6.09. The van der Waals surface area contributed by atoms with Crippen LogP contribution in [0.2, 0.25) is 0 Å². The lowest BCUT2D eigenvalue weighted by Gasteiger charge is -2.21. The maximum Gasteiger partial charge on any atom is 0.339 e. The molecule has 20 heavy (non-hydrogen) atoms. The van der Waals surface area contributed by atoms with Crippen molar-refractivity contribution in [2.24, 2.45) is 0 Å². The summed E-state index contributed by atoms with van der Waals surface area (Å²) in [5.41, 5.74) is 2.79. The highest BCUT2D eigenvalue weighted by Gasteiger charge is 2.19. The third-order valence-corrected chi connectivity index (χ3v) is 3.27. The standard InChI is InChI=1S/C15H18N2O3/c1-9-7-10(2)16-14(13(9)15(18)19)17(4)8-12-5-6-20-11(12)3/h5-7H,8H2,1-4H3,(H,18,19). The second kappa shape index (κ2) is 5.36. The van der Waals surface area contributed by atoms with Gasteiger partial charge in [-0.2, -0.15) is 0 Å². The fraction of sp³-hybridized carbons (Fsp3) is 0.333. The molecule has 0 atom stereocenters. The quantitative estimate of drug-likeness (QED) is 0.928. The number of carboxylic acids is 1. The Morgan fingerprint density at radius 2 is 2.10 bits per heavy atom. The van der Waals surface area contributed by atoms with E-state index in [1.165, 1.54) is 0 Å². The first kappa shape index (κ1) is 14.1. The van der Waals surface area contributed by atoms with Gasteiger partial charge in [0.05, 0.1) is 6.26 Å². The molecular formula is C15H18N2O3. The van der Waals surface area contributed by atoms with E-state index >= 15 is 0 Å². The van der Waals surface area contributed by atoms with Crippen LogP contribution in [0.15, 0.2) is 22.8 Å². The van der Waals surface area contributed by atoms with E-state index in [4.69, 9.17) is 4.42 Å². The Kier molecular flexibility index (Phi) is 3.79. The zero-order valence-electron chi connectivity index (χ0n) is 12.1. The molecule has 2 aromatic heterocycles. The average Bonchev–Trinajstić information content (AvgIpc) is 2.73. The first-order chi connectivity index (χ1) is 9.40. The molecule has 0 aromatic carbocycles. The number of furan rings is 1. The molecule has 0 fully saturated rings. The summed E-state index contributed by atoms with van der Waals surface area (Å²) in [5.74, 6) is 0.356. The Hall–Kier alpha value is -2.30. The molecule has 0 aliphatic carbocycles. The number of aromatic carboxylic acids is 1. The number of aryl methyl sites for hydroxylation is 3. The highest BCUT2D eigenvalue weighted by molar-refractivity contribution is 5.95. The molecular weight excluding hydrogens is 256 g/mol. The van der Waals surface area contributed by atoms with E-state index in [0.29, 0.717) is 12.4 Å². The van der Waals surface area contributed by atoms with E-state index in [2.05, 4.69) is 4.98 Å². The molecule has 5 heteroatoms. The van der Waals surface area contributed by atoms with Gasteiger partial charge in [-0.1, -0.05) is 0 Å². The number of nitrogens with zero attached hydrogens (tertiary/aromatic N) is 2. The van der Waals surface area contributed by atoms with E-state index in [9.17, 15) is 9.90 Å². The Labute approximate surface area is 117 Å². The van der Waals surface area contributed by atoms with Crippen LogP contribution in [0.25, 0.3) is 0 Å². The van der Waals surface area contributed by atoms with Crippen LogP contribution in [0, 0.1) is 20.8 Å². The third kappa shape index (κ3) is 2.66. The molecule has 0 aliphatic rings. The predicted molar refractivity (Wildman–Crippen MR) is 76.2 cm³/mol. The molecule has 2 heterocycles. The number of aromatic nitrogens is 1. The highest BCUT2D eigenvalue weighted by Crippen LogP contribution is 2.24. The number of pyridine rings is 1. The Balaban J connectivity index is 2.41. The third-order valence-electron chi connectivity index (χ3n) is 3.27. The molecule has 0 unspecified atom stereocenters. The molecule has 0 amide bonds. The van der Waals surface area contributed by atoms with Gasteiger partial charge in [0, 0.05) is 24.8 Å². The number of hydrogen-bond donors (Lipinski definition) is 1. The SMILES string of the molecule is Cc1cc(C)c(C(=O)O)c(N(C)Cc2ccoc2C)n1. The number of anilines is 1. The van der Waals surface area contributed by atoms with Crippen molar-refractivity contribution in [2.45, 2.75) is 27.3 Å². The molecule has 2 aromatic rings. The van der Waals surface area contributed by atoms with Gasteiger partial charge >= 0.3 is 5.97 Å². The Morgan fingerprint density at radius 1 is 1.40 bits per heavy atom. The molecule has 0 radical (unpaired) electrons. The maximum atomic E-state index is 11.4.